The first-order chi connectivity index (χ1) is 8.38. The molecule has 1 saturated heterocycles. The van der Waals surface area contributed by atoms with Crippen LogP contribution in [0.5, 0.6) is 0 Å². The van der Waals surface area contributed by atoms with E-state index < -0.39 is 6.04 Å². The topological polar surface area (TPSA) is 58.4 Å². The number of rotatable bonds is 4. The Morgan fingerprint density at radius 3 is 2.61 bits per heavy atom. The van der Waals surface area contributed by atoms with E-state index in [1.54, 1.807) is 0 Å². The lowest BCUT2D eigenvalue weighted by atomic mass is 9.87. The maximum Gasteiger partial charge on any atom is 0.237 e. The summed E-state index contributed by atoms with van der Waals surface area (Å²) < 4.78 is 0. The van der Waals surface area contributed by atoms with Gasteiger partial charge in [-0.1, -0.05) is 20.8 Å². The molecule has 2 fully saturated rings. The quantitative estimate of drug-likeness (QED) is 0.784. The Kier molecular flexibility index (Phi) is 3.97. The van der Waals surface area contributed by atoms with Crippen LogP contribution in [-0.4, -0.2) is 42.5 Å². The fraction of sp³-hybridized carbons (Fsp3) is 0.929. The van der Waals surface area contributed by atoms with Crippen molar-refractivity contribution in [2.45, 2.75) is 52.1 Å². The average Bonchev–Trinajstić information content (AvgIpc) is 3.04. The van der Waals surface area contributed by atoms with Crippen molar-refractivity contribution < 1.29 is 4.79 Å². The molecule has 0 bridgehead atoms. The highest BCUT2D eigenvalue weighted by atomic mass is 16.2. The number of nitrogens with one attached hydrogen (secondary N) is 1. The van der Waals surface area contributed by atoms with Crippen LogP contribution in [0.3, 0.4) is 0 Å². The Morgan fingerprint density at radius 2 is 2.06 bits per heavy atom. The minimum Gasteiger partial charge on any atom is -0.354 e. The first kappa shape index (κ1) is 13.8. The highest BCUT2D eigenvalue weighted by Crippen LogP contribution is 2.31. The second-order valence-corrected chi connectivity index (χ2v) is 6.97. The molecular weight excluding hydrogens is 226 g/mol. The molecule has 1 aliphatic heterocycles. The van der Waals surface area contributed by atoms with Gasteiger partial charge in [-0.3, -0.25) is 4.79 Å². The number of nitrogens with two attached hydrogens (primary N) is 1. The van der Waals surface area contributed by atoms with E-state index in [-0.39, 0.29) is 11.3 Å². The number of hydrogen-bond donors (Lipinski definition) is 2. The largest absolute Gasteiger partial charge is 0.354 e. The maximum atomic E-state index is 11.9. The van der Waals surface area contributed by atoms with Crippen LogP contribution in [0, 0.1) is 11.3 Å². The molecule has 0 spiro atoms. The van der Waals surface area contributed by atoms with Gasteiger partial charge in [-0.15, -0.1) is 0 Å². The van der Waals surface area contributed by atoms with Crippen LogP contribution in [-0.2, 0) is 4.79 Å². The van der Waals surface area contributed by atoms with Crippen molar-refractivity contribution in [1.82, 2.24) is 10.2 Å². The van der Waals surface area contributed by atoms with Crippen LogP contribution in [0.4, 0.5) is 0 Å². The van der Waals surface area contributed by atoms with E-state index in [9.17, 15) is 4.79 Å². The zero-order chi connectivity index (χ0) is 13.3. The van der Waals surface area contributed by atoms with Crippen LogP contribution in [0.2, 0.25) is 0 Å². The fourth-order valence-electron chi connectivity index (χ4n) is 2.55. The Labute approximate surface area is 110 Å². The van der Waals surface area contributed by atoms with Crippen LogP contribution in [0.15, 0.2) is 0 Å². The van der Waals surface area contributed by atoms with Gasteiger partial charge in [-0.2, -0.15) is 0 Å². The van der Waals surface area contributed by atoms with E-state index in [0.717, 1.165) is 19.1 Å². The molecule has 4 nitrogen and oxygen atoms in total. The molecule has 18 heavy (non-hydrogen) atoms. The molecule has 1 saturated carbocycles. The summed E-state index contributed by atoms with van der Waals surface area (Å²) in [4.78, 5) is 14.5. The van der Waals surface area contributed by atoms with E-state index in [1.807, 2.05) is 20.8 Å². The van der Waals surface area contributed by atoms with Gasteiger partial charge in [-0.05, 0) is 37.1 Å². The average molecular weight is 253 g/mol. The molecule has 1 aliphatic carbocycles. The van der Waals surface area contributed by atoms with E-state index in [0.29, 0.717) is 5.92 Å². The predicted molar refractivity (Wildman–Crippen MR) is 73.1 cm³/mol. The lowest BCUT2D eigenvalue weighted by Crippen LogP contribution is -2.49. The third-order valence-electron chi connectivity index (χ3n) is 4.16. The minimum atomic E-state index is -0.418. The predicted octanol–water partition coefficient (Wildman–Crippen LogP) is 0.960. The van der Waals surface area contributed by atoms with Crippen molar-refractivity contribution in [2.75, 3.05) is 19.6 Å². The van der Waals surface area contributed by atoms with Gasteiger partial charge in [-0.25, -0.2) is 0 Å². The second kappa shape index (κ2) is 5.17. The van der Waals surface area contributed by atoms with Crippen LogP contribution in [0.1, 0.15) is 40.0 Å². The van der Waals surface area contributed by atoms with Crippen molar-refractivity contribution in [1.29, 1.82) is 0 Å². The molecule has 0 aromatic heterocycles. The summed E-state index contributed by atoms with van der Waals surface area (Å²) in [6.45, 7) is 9.14. The Hall–Kier alpha value is -0.610. The molecule has 1 heterocycles. The molecule has 2 atom stereocenters. The molecule has 104 valence electrons. The van der Waals surface area contributed by atoms with Crippen molar-refractivity contribution in [3.05, 3.63) is 0 Å². The molecule has 2 aliphatic rings. The lowest BCUT2D eigenvalue weighted by Gasteiger charge is -2.26. The molecule has 0 radical (unpaired) electrons. The summed E-state index contributed by atoms with van der Waals surface area (Å²) in [5.41, 5.74) is 5.78. The van der Waals surface area contributed by atoms with Gasteiger partial charge in [0.25, 0.3) is 0 Å². The number of likely N-dealkylation sites (tertiary alicyclic amines) is 1. The first-order valence-electron chi connectivity index (χ1n) is 7.15. The van der Waals surface area contributed by atoms with E-state index in [2.05, 4.69) is 10.2 Å². The summed E-state index contributed by atoms with van der Waals surface area (Å²) in [6.07, 6.45) is 3.95. The van der Waals surface area contributed by atoms with Gasteiger partial charge in [0.1, 0.15) is 0 Å². The molecular formula is C14H27N3O. The fourth-order valence-corrected chi connectivity index (χ4v) is 2.55. The SMILES string of the molecule is CC(C)(C)[C@H](N)C(=O)NCC1CCN(C2CC2)C1. The molecule has 0 aromatic rings. The van der Waals surface area contributed by atoms with Crippen LogP contribution < -0.4 is 11.1 Å². The summed E-state index contributed by atoms with van der Waals surface area (Å²) >= 11 is 0. The monoisotopic (exact) mass is 253 g/mol. The summed E-state index contributed by atoms with van der Waals surface area (Å²) in [7, 11) is 0. The Morgan fingerprint density at radius 1 is 1.39 bits per heavy atom. The minimum absolute atomic E-state index is 0.00706. The first-order valence-corrected chi connectivity index (χ1v) is 7.15. The summed E-state index contributed by atoms with van der Waals surface area (Å²) in [5.74, 6) is 0.606. The van der Waals surface area contributed by atoms with Crippen molar-refractivity contribution in [3.63, 3.8) is 0 Å². The zero-order valence-electron chi connectivity index (χ0n) is 11.9. The zero-order valence-corrected chi connectivity index (χ0v) is 11.9. The van der Waals surface area contributed by atoms with Gasteiger partial charge in [0, 0.05) is 19.1 Å². The Balaban J connectivity index is 1.70. The highest BCUT2D eigenvalue weighted by Gasteiger charge is 2.34. The summed E-state index contributed by atoms with van der Waals surface area (Å²) in [5, 5.41) is 3.02. The number of nitrogens with zero attached hydrogens (tertiary/aromatic N) is 1. The molecule has 1 unspecified atom stereocenters. The van der Waals surface area contributed by atoms with Crippen molar-refractivity contribution in [2.24, 2.45) is 17.1 Å². The number of hydrogen-bond acceptors (Lipinski definition) is 3. The highest BCUT2D eigenvalue weighted by molar-refractivity contribution is 5.82. The number of carbonyl (C=O) groups excluding carboxylic acids is 1. The second-order valence-electron chi connectivity index (χ2n) is 6.97. The van der Waals surface area contributed by atoms with E-state index in [1.165, 1.54) is 25.8 Å². The third kappa shape index (κ3) is 3.45. The molecule has 2 rings (SSSR count). The van der Waals surface area contributed by atoms with Gasteiger partial charge >= 0.3 is 0 Å². The van der Waals surface area contributed by atoms with Gasteiger partial charge in [0.05, 0.1) is 6.04 Å². The smallest absolute Gasteiger partial charge is 0.237 e. The van der Waals surface area contributed by atoms with E-state index >= 15 is 0 Å². The maximum absolute atomic E-state index is 11.9. The molecule has 4 heteroatoms. The normalized spacial score (nSPS) is 27.2. The number of amides is 1. The standard InChI is InChI=1S/C14H27N3O/c1-14(2,3)12(15)13(18)16-8-10-6-7-17(9-10)11-4-5-11/h10-12H,4-9,15H2,1-3H3,(H,16,18)/t10?,12-/m1/s1. The van der Waals surface area contributed by atoms with Gasteiger partial charge in [0.15, 0.2) is 0 Å². The molecule has 3 N–H and O–H groups in total. The van der Waals surface area contributed by atoms with E-state index in [4.69, 9.17) is 5.73 Å². The molecule has 0 aromatic carbocycles. The van der Waals surface area contributed by atoms with Crippen molar-refractivity contribution >= 4 is 5.91 Å². The van der Waals surface area contributed by atoms with Crippen molar-refractivity contribution in [3.8, 4) is 0 Å². The van der Waals surface area contributed by atoms with Crippen LogP contribution in [0.25, 0.3) is 0 Å². The van der Waals surface area contributed by atoms with Crippen LogP contribution >= 0.6 is 0 Å². The lowest BCUT2D eigenvalue weighted by molar-refractivity contribution is -0.124. The Bertz CT molecular complexity index is 307. The van der Waals surface area contributed by atoms with Gasteiger partial charge < -0.3 is 16.0 Å². The van der Waals surface area contributed by atoms with Gasteiger partial charge in [0.2, 0.25) is 5.91 Å². The third-order valence-corrected chi connectivity index (χ3v) is 4.16. The number of carbonyl (C=O) groups is 1. The summed E-state index contributed by atoms with van der Waals surface area (Å²) in [6, 6.07) is 0.431. The molecule has 1 amide bonds.